The van der Waals surface area contributed by atoms with Crippen molar-refractivity contribution in [2.24, 2.45) is 0 Å². The number of imide groups is 1. The Bertz CT molecular complexity index is 1230. The molecule has 1 aliphatic rings. The first-order valence-electron chi connectivity index (χ1n) is 10.7. The van der Waals surface area contributed by atoms with Gasteiger partial charge in [0.15, 0.2) is 5.16 Å². The number of benzene rings is 1. The first-order chi connectivity index (χ1) is 15.3. The zero-order valence-electron chi connectivity index (χ0n) is 18.4. The first-order valence-corrected chi connectivity index (χ1v) is 12.5. The Morgan fingerprint density at radius 3 is 2.62 bits per heavy atom. The summed E-state index contributed by atoms with van der Waals surface area (Å²) >= 11 is 2.74. The van der Waals surface area contributed by atoms with Crippen LogP contribution < -0.4 is 16.2 Å². The highest BCUT2D eigenvalue weighted by molar-refractivity contribution is 7.99. The van der Waals surface area contributed by atoms with E-state index in [1.807, 2.05) is 45.0 Å². The zero-order chi connectivity index (χ0) is 22.8. The Morgan fingerprint density at radius 2 is 1.91 bits per heavy atom. The standard InChI is InChI=1S/C23H26N4O3S2/c1-13(2)24-22(30)25-18(28)12-31-23-26-20-19(16-6-4-5-7-17(16)32-20)21(29)27(23)15-10-8-14(3)9-11-15/h8-11,13H,4-7,12H2,1-3H3,(H2,24,25,28,30). The van der Waals surface area contributed by atoms with Gasteiger partial charge in [0.1, 0.15) is 4.83 Å². The SMILES string of the molecule is Cc1ccc(-n2c(SCC(=O)NC(=O)NC(C)C)nc3sc4c(c3c2=O)CCCC4)cc1. The lowest BCUT2D eigenvalue weighted by atomic mass is 9.97. The van der Waals surface area contributed by atoms with E-state index in [9.17, 15) is 14.4 Å². The number of nitrogens with one attached hydrogen (secondary N) is 2. The summed E-state index contributed by atoms with van der Waals surface area (Å²) in [5.74, 6) is -0.469. The molecule has 32 heavy (non-hydrogen) atoms. The highest BCUT2D eigenvalue weighted by atomic mass is 32.2. The smallest absolute Gasteiger partial charge is 0.321 e. The minimum Gasteiger partial charge on any atom is -0.336 e. The van der Waals surface area contributed by atoms with E-state index in [4.69, 9.17) is 4.98 Å². The molecule has 2 N–H and O–H groups in total. The molecule has 3 aromatic rings. The lowest BCUT2D eigenvalue weighted by molar-refractivity contribution is -0.117. The monoisotopic (exact) mass is 470 g/mol. The van der Waals surface area contributed by atoms with E-state index in [0.717, 1.165) is 53.4 Å². The molecule has 0 unspecified atom stereocenters. The molecule has 2 aromatic heterocycles. The molecule has 0 saturated heterocycles. The minimum absolute atomic E-state index is 0.0274. The van der Waals surface area contributed by atoms with Crippen molar-refractivity contribution < 1.29 is 9.59 Å². The number of nitrogens with zero attached hydrogens (tertiary/aromatic N) is 2. The number of aromatic nitrogens is 2. The van der Waals surface area contributed by atoms with Gasteiger partial charge in [-0.15, -0.1) is 11.3 Å². The number of aryl methyl sites for hydroxylation is 3. The summed E-state index contributed by atoms with van der Waals surface area (Å²) in [7, 11) is 0. The quantitative estimate of drug-likeness (QED) is 0.435. The molecular weight excluding hydrogens is 444 g/mol. The highest BCUT2D eigenvalue weighted by Gasteiger charge is 2.23. The second-order valence-electron chi connectivity index (χ2n) is 8.23. The fourth-order valence-electron chi connectivity index (χ4n) is 3.80. The maximum Gasteiger partial charge on any atom is 0.321 e. The molecule has 9 heteroatoms. The molecule has 168 valence electrons. The number of hydrogen-bond acceptors (Lipinski definition) is 6. The van der Waals surface area contributed by atoms with Crippen LogP contribution in [0.5, 0.6) is 0 Å². The number of thioether (sulfide) groups is 1. The third-order valence-electron chi connectivity index (χ3n) is 5.26. The average molecular weight is 471 g/mol. The van der Waals surface area contributed by atoms with Crippen LogP contribution in [0.15, 0.2) is 34.2 Å². The Labute approximate surface area is 194 Å². The van der Waals surface area contributed by atoms with Crippen LogP contribution in [0.4, 0.5) is 4.79 Å². The van der Waals surface area contributed by atoms with Gasteiger partial charge < -0.3 is 5.32 Å². The average Bonchev–Trinajstić information content (AvgIpc) is 3.11. The van der Waals surface area contributed by atoms with E-state index in [1.54, 1.807) is 15.9 Å². The van der Waals surface area contributed by atoms with Crippen LogP contribution in [0.3, 0.4) is 0 Å². The molecule has 0 fully saturated rings. The van der Waals surface area contributed by atoms with Crippen molar-refractivity contribution in [3.8, 4) is 5.69 Å². The molecule has 0 bridgehead atoms. The summed E-state index contributed by atoms with van der Waals surface area (Å²) in [4.78, 5) is 44.6. The number of rotatable bonds is 5. The van der Waals surface area contributed by atoms with Gasteiger partial charge in [0.05, 0.1) is 16.8 Å². The predicted molar refractivity (Wildman–Crippen MR) is 129 cm³/mol. The van der Waals surface area contributed by atoms with Crippen molar-refractivity contribution in [3.63, 3.8) is 0 Å². The van der Waals surface area contributed by atoms with Gasteiger partial charge in [0.2, 0.25) is 5.91 Å². The Kier molecular flexibility index (Phi) is 6.66. The first kappa shape index (κ1) is 22.5. The van der Waals surface area contributed by atoms with E-state index in [0.29, 0.717) is 16.2 Å². The van der Waals surface area contributed by atoms with Crippen molar-refractivity contribution in [2.75, 3.05) is 5.75 Å². The number of carbonyl (C=O) groups excluding carboxylic acids is 2. The lowest BCUT2D eigenvalue weighted by Gasteiger charge is -2.14. The number of hydrogen-bond donors (Lipinski definition) is 2. The van der Waals surface area contributed by atoms with Crippen LogP contribution >= 0.6 is 23.1 Å². The maximum atomic E-state index is 13.7. The molecule has 2 heterocycles. The largest absolute Gasteiger partial charge is 0.336 e. The number of fused-ring (bicyclic) bond motifs is 3. The van der Waals surface area contributed by atoms with Gasteiger partial charge in [-0.2, -0.15) is 0 Å². The molecule has 1 aliphatic carbocycles. The van der Waals surface area contributed by atoms with E-state index in [-0.39, 0.29) is 17.4 Å². The van der Waals surface area contributed by atoms with Gasteiger partial charge >= 0.3 is 6.03 Å². The van der Waals surface area contributed by atoms with Crippen LogP contribution in [0, 0.1) is 6.92 Å². The van der Waals surface area contributed by atoms with Gasteiger partial charge in [-0.3, -0.25) is 19.5 Å². The predicted octanol–water partition coefficient (Wildman–Crippen LogP) is 3.96. The molecule has 0 aliphatic heterocycles. The van der Waals surface area contributed by atoms with Crippen LogP contribution in [0.1, 0.15) is 42.7 Å². The van der Waals surface area contributed by atoms with Crippen LogP contribution in [0.25, 0.3) is 15.9 Å². The summed E-state index contributed by atoms with van der Waals surface area (Å²) < 4.78 is 1.59. The van der Waals surface area contributed by atoms with Crippen LogP contribution in [-0.2, 0) is 17.6 Å². The topological polar surface area (TPSA) is 93.1 Å². The summed E-state index contributed by atoms with van der Waals surface area (Å²) in [6.07, 6.45) is 4.10. The lowest BCUT2D eigenvalue weighted by Crippen LogP contribution is -2.43. The summed E-state index contributed by atoms with van der Waals surface area (Å²) in [5.41, 5.74) is 2.84. The molecular formula is C23H26N4O3S2. The maximum absolute atomic E-state index is 13.7. The summed E-state index contributed by atoms with van der Waals surface area (Å²) in [6.45, 7) is 5.63. The summed E-state index contributed by atoms with van der Waals surface area (Å²) in [5, 5.41) is 6.10. The number of thiophene rings is 1. The molecule has 0 spiro atoms. The third kappa shape index (κ3) is 4.73. The zero-order valence-corrected chi connectivity index (χ0v) is 20.0. The molecule has 0 radical (unpaired) electrons. The number of urea groups is 1. The summed E-state index contributed by atoms with van der Waals surface area (Å²) in [6, 6.07) is 7.08. The van der Waals surface area contributed by atoms with Crippen LogP contribution in [-0.4, -0.2) is 33.3 Å². The third-order valence-corrected chi connectivity index (χ3v) is 7.38. The Morgan fingerprint density at radius 1 is 1.19 bits per heavy atom. The Hall–Kier alpha value is -2.65. The minimum atomic E-state index is -0.532. The number of amides is 3. The fourth-order valence-corrected chi connectivity index (χ4v) is 5.91. The van der Waals surface area contributed by atoms with Crippen molar-refractivity contribution in [1.29, 1.82) is 0 Å². The molecule has 0 saturated carbocycles. The van der Waals surface area contributed by atoms with E-state index < -0.39 is 11.9 Å². The second-order valence-corrected chi connectivity index (χ2v) is 10.3. The van der Waals surface area contributed by atoms with Gasteiger partial charge in [0.25, 0.3) is 5.56 Å². The number of carbonyl (C=O) groups is 2. The van der Waals surface area contributed by atoms with Crippen LogP contribution in [0.2, 0.25) is 0 Å². The van der Waals surface area contributed by atoms with Gasteiger partial charge in [-0.25, -0.2) is 9.78 Å². The van der Waals surface area contributed by atoms with E-state index in [1.165, 1.54) is 4.88 Å². The van der Waals surface area contributed by atoms with Crippen molar-refractivity contribution >= 4 is 45.3 Å². The van der Waals surface area contributed by atoms with E-state index >= 15 is 0 Å². The van der Waals surface area contributed by atoms with Gasteiger partial charge in [-0.05, 0) is 64.2 Å². The second kappa shape index (κ2) is 9.46. The molecule has 7 nitrogen and oxygen atoms in total. The van der Waals surface area contributed by atoms with E-state index in [2.05, 4.69) is 10.6 Å². The molecule has 1 aromatic carbocycles. The molecule has 3 amide bonds. The Balaban J connectivity index is 1.71. The molecule has 4 rings (SSSR count). The molecule has 0 atom stereocenters. The van der Waals surface area contributed by atoms with Crippen molar-refractivity contribution in [2.45, 2.75) is 57.7 Å². The fraction of sp³-hybridized carbons (Fsp3) is 0.391. The van der Waals surface area contributed by atoms with Crippen molar-refractivity contribution in [1.82, 2.24) is 20.2 Å². The van der Waals surface area contributed by atoms with Gasteiger partial charge in [-0.1, -0.05) is 29.5 Å². The van der Waals surface area contributed by atoms with Crippen molar-refractivity contribution in [3.05, 3.63) is 50.6 Å². The normalized spacial score (nSPS) is 13.2. The highest BCUT2D eigenvalue weighted by Crippen LogP contribution is 2.35. The van der Waals surface area contributed by atoms with Gasteiger partial charge in [0, 0.05) is 10.9 Å².